The molecule has 94 valence electrons. The molecule has 4 nitrogen and oxygen atoms in total. The van der Waals surface area contributed by atoms with Crippen molar-refractivity contribution >= 4 is 10.9 Å². The van der Waals surface area contributed by atoms with Gasteiger partial charge in [-0.15, -0.1) is 0 Å². The maximum Gasteiger partial charge on any atom is 0.261 e. The van der Waals surface area contributed by atoms with Crippen LogP contribution in [0.25, 0.3) is 10.9 Å². The first kappa shape index (κ1) is 11.4. The van der Waals surface area contributed by atoms with Gasteiger partial charge in [-0.25, -0.2) is 4.98 Å². The van der Waals surface area contributed by atoms with Gasteiger partial charge >= 0.3 is 0 Å². The third kappa shape index (κ3) is 2.16. The first-order chi connectivity index (χ1) is 8.84. The van der Waals surface area contributed by atoms with Crippen LogP contribution in [-0.2, 0) is 11.3 Å². The summed E-state index contributed by atoms with van der Waals surface area (Å²) in [6.07, 6.45) is 5.11. The van der Waals surface area contributed by atoms with E-state index in [9.17, 15) is 4.79 Å². The largest absolute Gasteiger partial charge is 0.376 e. The fourth-order valence-electron chi connectivity index (χ4n) is 2.41. The summed E-state index contributed by atoms with van der Waals surface area (Å²) in [5, 5.41) is 0.677. The number of hydrogen-bond acceptors (Lipinski definition) is 3. The van der Waals surface area contributed by atoms with Crippen molar-refractivity contribution in [2.75, 3.05) is 6.61 Å². The number of rotatable bonds is 2. The predicted octanol–water partition coefficient (Wildman–Crippen LogP) is 1.97. The molecular formula is C14H16N2O2. The van der Waals surface area contributed by atoms with Crippen LogP contribution in [0.3, 0.4) is 0 Å². The van der Waals surface area contributed by atoms with Crippen molar-refractivity contribution in [1.82, 2.24) is 9.55 Å². The SMILES string of the molecule is O=c1c2ccccc2ncn1CC1CCCCO1. The van der Waals surface area contributed by atoms with Crippen LogP contribution in [0.5, 0.6) is 0 Å². The Bertz CT molecular complexity index is 600. The first-order valence-corrected chi connectivity index (χ1v) is 6.40. The number of hydrogen-bond donors (Lipinski definition) is 0. The monoisotopic (exact) mass is 244 g/mol. The summed E-state index contributed by atoms with van der Waals surface area (Å²) >= 11 is 0. The lowest BCUT2D eigenvalue weighted by Gasteiger charge is -2.23. The van der Waals surface area contributed by atoms with Crippen molar-refractivity contribution < 1.29 is 4.74 Å². The van der Waals surface area contributed by atoms with Crippen LogP contribution in [0.15, 0.2) is 35.4 Å². The van der Waals surface area contributed by atoms with Crippen molar-refractivity contribution in [2.45, 2.75) is 31.9 Å². The lowest BCUT2D eigenvalue weighted by Crippen LogP contribution is -2.30. The molecular weight excluding hydrogens is 228 g/mol. The zero-order valence-electron chi connectivity index (χ0n) is 10.2. The molecule has 4 heteroatoms. The van der Waals surface area contributed by atoms with Crippen LogP contribution in [0, 0.1) is 0 Å². The molecule has 18 heavy (non-hydrogen) atoms. The van der Waals surface area contributed by atoms with E-state index in [4.69, 9.17) is 4.74 Å². The Morgan fingerprint density at radius 2 is 2.22 bits per heavy atom. The van der Waals surface area contributed by atoms with Gasteiger partial charge in [0.15, 0.2) is 0 Å². The Labute approximate surface area is 105 Å². The van der Waals surface area contributed by atoms with Crippen molar-refractivity contribution in [3.8, 4) is 0 Å². The molecule has 0 spiro atoms. The fraction of sp³-hybridized carbons (Fsp3) is 0.429. The highest BCUT2D eigenvalue weighted by atomic mass is 16.5. The highest BCUT2D eigenvalue weighted by Crippen LogP contribution is 2.14. The molecule has 0 radical (unpaired) electrons. The van der Waals surface area contributed by atoms with E-state index in [2.05, 4.69) is 4.98 Å². The van der Waals surface area contributed by atoms with Gasteiger partial charge in [0.25, 0.3) is 5.56 Å². The summed E-state index contributed by atoms with van der Waals surface area (Å²) in [7, 11) is 0. The number of ether oxygens (including phenoxy) is 1. The molecule has 1 aliphatic heterocycles. The van der Waals surface area contributed by atoms with E-state index < -0.39 is 0 Å². The molecule has 0 aliphatic carbocycles. The Morgan fingerprint density at radius 3 is 3.06 bits per heavy atom. The summed E-state index contributed by atoms with van der Waals surface area (Å²) in [5.41, 5.74) is 0.776. The smallest absolute Gasteiger partial charge is 0.261 e. The van der Waals surface area contributed by atoms with Crippen LogP contribution in [0.2, 0.25) is 0 Å². The molecule has 1 saturated heterocycles. The van der Waals surface area contributed by atoms with Gasteiger partial charge < -0.3 is 4.74 Å². The van der Waals surface area contributed by atoms with E-state index in [0.29, 0.717) is 11.9 Å². The molecule has 2 aromatic rings. The van der Waals surface area contributed by atoms with Gasteiger partial charge in [0, 0.05) is 6.61 Å². The predicted molar refractivity (Wildman–Crippen MR) is 69.6 cm³/mol. The van der Waals surface area contributed by atoms with Gasteiger partial charge in [0.05, 0.1) is 29.9 Å². The average molecular weight is 244 g/mol. The number of nitrogens with zero attached hydrogens (tertiary/aromatic N) is 2. The third-order valence-electron chi connectivity index (χ3n) is 3.41. The summed E-state index contributed by atoms with van der Waals surface area (Å²) in [5.74, 6) is 0. The summed E-state index contributed by atoms with van der Waals surface area (Å²) in [6.45, 7) is 1.41. The zero-order valence-corrected chi connectivity index (χ0v) is 10.2. The molecule has 1 fully saturated rings. The molecule has 0 amide bonds. The minimum absolute atomic E-state index is 0.0229. The molecule has 0 saturated carbocycles. The minimum Gasteiger partial charge on any atom is -0.376 e. The summed E-state index contributed by atoms with van der Waals surface area (Å²) in [4.78, 5) is 16.6. The van der Waals surface area contributed by atoms with Gasteiger partial charge in [-0.05, 0) is 31.4 Å². The van der Waals surface area contributed by atoms with Crippen LogP contribution in [-0.4, -0.2) is 22.3 Å². The van der Waals surface area contributed by atoms with Crippen LogP contribution >= 0.6 is 0 Å². The van der Waals surface area contributed by atoms with Gasteiger partial charge in [-0.1, -0.05) is 12.1 Å². The van der Waals surface area contributed by atoms with Crippen molar-refractivity contribution in [3.63, 3.8) is 0 Å². The van der Waals surface area contributed by atoms with Crippen LogP contribution < -0.4 is 5.56 Å². The maximum atomic E-state index is 12.3. The minimum atomic E-state index is 0.0229. The number of aromatic nitrogens is 2. The van der Waals surface area contributed by atoms with E-state index in [1.807, 2.05) is 24.3 Å². The van der Waals surface area contributed by atoms with Crippen molar-refractivity contribution in [3.05, 3.63) is 40.9 Å². The average Bonchev–Trinajstić information content (AvgIpc) is 2.43. The second-order valence-electron chi connectivity index (χ2n) is 4.71. The van der Waals surface area contributed by atoms with E-state index in [-0.39, 0.29) is 11.7 Å². The van der Waals surface area contributed by atoms with Crippen LogP contribution in [0.1, 0.15) is 19.3 Å². The molecule has 1 aromatic carbocycles. The quantitative estimate of drug-likeness (QED) is 0.811. The van der Waals surface area contributed by atoms with Crippen molar-refractivity contribution in [2.24, 2.45) is 0 Å². The highest BCUT2D eigenvalue weighted by Gasteiger charge is 2.15. The molecule has 2 heterocycles. The highest BCUT2D eigenvalue weighted by molar-refractivity contribution is 5.76. The molecule has 3 rings (SSSR count). The molecule has 1 aromatic heterocycles. The van der Waals surface area contributed by atoms with E-state index >= 15 is 0 Å². The molecule has 0 N–H and O–H groups in total. The Morgan fingerprint density at radius 1 is 1.33 bits per heavy atom. The van der Waals surface area contributed by atoms with Gasteiger partial charge in [0.2, 0.25) is 0 Å². The Balaban J connectivity index is 1.92. The number of benzene rings is 1. The normalized spacial score (nSPS) is 20.1. The molecule has 0 bridgehead atoms. The lowest BCUT2D eigenvalue weighted by atomic mass is 10.1. The maximum absolute atomic E-state index is 12.3. The molecule has 1 unspecified atom stereocenters. The molecule has 1 atom stereocenters. The Hall–Kier alpha value is -1.68. The third-order valence-corrected chi connectivity index (χ3v) is 3.41. The summed E-state index contributed by atoms with van der Waals surface area (Å²) in [6, 6.07) is 7.44. The standard InChI is InChI=1S/C14H16N2O2/c17-14-12-6-1-2-7-13(12)15-10-16(14)9-11-5-3-4-8-18-11/h1-2,6-7,10-11H,3-5,8-9H2. The summed E-state index contributed by atoms with van der Waals surface area (Å²) < 4.78 is 7.33. The van der Waals surface area contributed by atoms with Crippen LogP contribution in [0.4, 0.5) is 0 Å². The first-order valence-electron chi connectivity index (χ1n) is 6.40. The van der Waals surface area contributed by atoms with Crippen molar-refractivity contribution in [1.29, 1.82) is 0 Å². The zero-order chi connectivity index (χ0) is 12.4. The van der Waals surface area contributed by atoms with E-state index in [1.165, 1.54) is 6.42 Å². The fourth-order valence-corrected chi connectivity index (χ4v) is 2.41. The number of para-hydroxylation sites is 1. The number of fused-ring (bicyclic) bond motifs is 1. The van der Waals surface area contributed by atoms with Gasteiger partial charge in [0.1, 0.15) is 0 Å². The van der Waals surface area contributed by atoms with Gasteiger partial charge in [-0.2, -0.15) is 0 Å². The molecule has 1 aliphatic rings. The Kier molecular flexibility index (Phi) is 3.11. The lowest BCUT2D eigenvalue weighted by molar-refractivity contribution is 0.00535. The topological polar surface area (TPSA) is 44.1 Å². The van der Waals surface area contributed by atoms with E-state index in [1.54, 1.807) is 10.9 Å². The second-order valence-corrected chi connectivity index (χ2v) is 4.71. The second kappa shape index (κ2) is 4.90. The van der Waals surface area contributed by atoms with E-state index in [0.717, 1.165) is 25.0 Å². The van der Waals surface area contributed by atoms with Gasteiger partial charge in [-0.3, -0.25) is 9.36 Å².